The first kappa shape index (κ1) is 20.3. The van der Waals surface area contributed by atoms with Crippen molar-refractivity contribution in [3.05, 3.63) is 58.8 Å². The smallest absolute Gasteiger partial charge is 0.335 e. The summed E-state index contributed by atoms with van der Waals surface area (Å²) < 4.78 is 5.75. The van der Waals surface area contributed by atoms with Crippen LogP contribution >= 0.6 is 0 Å². The molecule has 3 aromatic rings. The molecule has 2 heterocycles. The number of likely N-dealkylation sites (tertiary alicyclic amines) is 1. The topological polar surface area (TPSA) is 77.6 Å². The maximum absolute atomic E-state index is 11.4. The zero-order chi connectivity index (χ0) is 21.3. The van der Waals surface area contributed by atoms with Crippen LogP contribution in [0.3, 0.4) is 0 Å². The molecule has 1 unspecified atom stereocenters. The number of rotatable bonds is 6. The van der Waals surface area contributed by atoms with Gasteiger partial charge in [-0.1, -0.05) is 12.5 Å². The van der Waals surface area contributed by atoms with Gasteiger partial charge < -0.3 is 20.1 Å². The molecule has 0 radical (unpaired) electrons. The monoisotopic (exact) mass is 407 g/mol. The Kier molecular flexibility index (Phi) is 5.68. The fourth-order valence-corrected chi connectivity index (χ4v) is 4.71. The summed E-state index contributed by atoms with van der Waals surface area (Å²) in [5.41, 5.74) is 5.86. The van der Waals surface area contributed by atoms with Gasteiger partial charge in [0, 0.05) is 48.0 Å². The van der Waals surface area contributed by atoms with E-state index in [9.17, 15) is 9.90 Å². The van der Waals surface area contributed by atoms with E-state index in [0.29, 0.717) is 5.56 Å². The molecule has 0 spiro atoms. The van der Waals surface area contributed by atoms with Crippen molar-refractivity contribution in [1.29, 1.82) is 0 Å². The average molecular weight is 408 g/mol. The van der Waals surface area contributed by atoms with E-state index in [4.69, 9.17) is 4.74 Å². The lowest BCUT2D eigenvalue weighted by Crippen LogP contribution is -2.33. The number of carboxylic acids is 1. The van der Waals surface area contributed by atoms with Gasteiger partial charge in [-0.05, 0) is 61.7 Å². The Morgan fingerprint density at radius 3 is 2.87 bits per heavy atom. The summed E-state index contributed by atoms with van der Waals surface area (Å²) in [6, 6.07) is 9.87. The van der Waals surface area contributed by atoms with E-state index in [2.05, 4.69) is 34.3 Å². The van der Waals surface area contributed by atoms with Gasteiger partial charge >= 0.3 is 5.97 Å². The molecule has 1 aliphatic heterocycles. The quantitative estimate of drug-likeness (QED) is 0.539. The number of fused-ring (bicyclic) bond motifs is 1. The summed E-state index contributed by atoms with van der Waals surface area (Å²) in [5, 5.41) is 13.8. The number of anilines is 1. The molecule has 6 nitrogen and oxygen atoms in total. The van der Waals surface area contributed by atoms with Gasteiger partial charge in [0.2, 0.25) is 0 Å². The van der Waals surface area contributed by atoms with Gasteiger partial charge in [-0.15, -0.1) is 0 Å². The second-order valence-corrected chi connectivity index (χ2v) is 7.98. The first-order valence-corrected chi connectivity index (χ1v) is 10.5. The Labute approximate surface area is 176 Å². The van der Waals surface area contributed by atoms with Gasteiger partial charge in [-0.2, -0.15) is 0 Å². The molecule has 3 N–H and O–H groups in total. The zero-order valence-electron chi connectivity index (χ0n) is 17.8. The third kappa shape index (κ3) is 3.63. The number of benzene rings is 2. The normalized spacial score (nSPS) is 17.2. The highest BCUT2D eigenvalue weighted by molar-refractivity contribution is 5.89. The number of aromatic amines is 1. The van der Waals surface area contributed by atoms with Crippen LogP contribution in [0.4, 0.5) is 5.69 Å². The van der Waals surface area contributed by atoms with Crippen molar-refractivity contribution in [2.45, 2.75) is 38.8 Å². The first-order valence-electron chi connectivity index (χ1n) is 10.5. The van der Waals surface area contributed by atoms with Gasteiger partial charge in [-0.25, -0.2) is 4.79 Å². The number of carboxylic acid groups (broad SMARTS) is 1. The van der Waals surface area contributed by atoms with E-state index in [1.165, 1.54) is 16.5 Å². The van der Waals surface area contributed by atoms with E-state index in [1.807, 2.05) is 19.3 Å². The van der Waals surface area contributed by atoms with Crippen LogP contribution < -0.4 is 10.1 Å². The molecule has 0 saturated carbocycles. The Hall–Kier alpha value is -2.99. The fraction of sp³-hybridized carbons (Fsp3) is 0.375. The van der Waals surface area contributed by atoms with Crippen LogP contribution in [0.25, 0.3) is 10.9 Å². The third-order valence-electron chi connectivity index (χ3n) is 6.23. The predicted molar refractivity (Wildman–Crippen MR) is 120 cm³/mol. The van der Waals surface area contributed by atoms with Crippen molar-refractivity contribution < 1.29 is 14.6 Å². The van der Waals surface area contributed by atoms with Crippen LogP contribution in [-0.4, -0.2) is 41.7 Å². The van der Waals surface area contributed by atoms with Crippen LogP contribution in [0.2, 0.25) is 0 Å². The van der Waals surface area contributed by atoms with E-state index >= 15 is 0 Å². The number of carbonyl (C=O) groups is 1. The molecule has 1 saturated heterocycles. The highest BCUT2D eigenvalue weighted by Crippen LogP contribution is 2.39. The number of aromatic nitrogens is 1. The largest absolute Gasteiger partial charge is 0.496 e. The number of piperidine rings is 1. The number of hydrogen-bond acceptors (Lipinski definition) is 4. The van der Waals surface area contributed by atoms with Crippen LogP contribution in [0.1, 0.15) is 52.4 Å². The highest BCUT2D eigenvalue weighted by Gasteiger charge is 2.28. The molecule has 1 fully saturated rings. The highest BCUT2D eigenvalue weighted by atomic mass is 16.5. The second kappa shape index (κ2) is 8.40. The fourth-order valence-electron chi connectivity index (χ4n) is 4.71. The van der Waals surface area contributed by atoms with Crippen LogP contribution in [-0.2, 0) is 6.54 Å². The number of hydrogen-bond donors (Lipinski definition) is 3. The van der Waals surface area contributed by atoms with Crippen molar-refractivity contribution >= 4 is 22.6 Å². The Morgan fingerprint density at radius 1 is 1.30 bits per heavy atom. The summed E-state index contributed by atoms with van der Waals surface area (Å²) in [6.07, 6.45) is 5.35. The van der Waals surface area contributed by atoms with Crippen molar-refractivity contribution in [1.82, 2.24) is 9.88 Å². The van der Waals surface area contributed by atoms with Gasteiger partial charge in [0.25, 0.3) is 0 Å². The lowest BCUT2D eigenvalue weighted by atomic mass is 9.92. The Bertz CT molecular complexity index is 1070. The van der Waals surface area contributed by atoms with Crippen molar-refractivity contribution in [3.8, 4) is 5.75 Å². The lowest BCUT2D eigenvalue weighted by Gasteiger charge is -2.37. The molecular formula is C24H29N3O3. The molecule has 30 heavy (non-hydrogen) atoms. The van der Waals surface area contributed by atoms with Gasteiger partial charge in [0.15, 0.2) is 0 Å². The number of H-pyrrole nitrogens is 1. The van der Waals surface area contributed by atoms with Crippen LogP contribution in [0, 0.1) is 6.92 Å². The molecule has 6 heteroatoms. The third-order valence-corrected chi connectivity index (χ3v) is 6.23. The Balaban J connectivity index is 1.73. The lowest BCUT2D eigenvalue weighted by molar-refractivity contribution is 0.0697. The molecular weight excluding hydrogens is 378 g/mol. The molecule has 0 amide bonds. The van der Waals surface area contributed by atoms with E-state index in [-0.39, 0.29) is 6.04 Å². The van der Waals surface area contributed by atoms with Crippen molar-refractivity contribution in [3.63, 3.8) is 0 Å². The predicted octanol–water partition coefficient (Wildman–Crippen LogP) is 4.95. The summed E-state index contributed by atoms with van der Waals surface area (Å²) in [6.45, 7) is 3.88. The van der Waals surface area contributed by atoms with Crippen molar-refractivity contribution in [2.24, 2.45) is 0 Å². The number of methoxy groups -OCH3 is 1. The number of aryl methyl sites for hydroxylation is 1. The zero-order valence-corrected chi connectivity index (χ0v) is 17.8. The minimum Gasteiger partial charge on any atom is -0.496 e. The summed E-state index contributed by atoms with van der Waals surface area (Å²) >= 11 is 0. The number of nitrogens with zero attached hydrogens (tertiary/aromatic N) is 1. The van der Waals surface area contributed by atoms with E-state index < -0.39 is 5.97 Å². The van der Waals surface area contributed by atoms with Gasteiger partial charge in [-0.3, -0.25) is 4.90 Å². The minimum absolute atomic E-state index is 0.226. The number of ether oxygens (including phenoxy) is 1. The molecule has 4 rings (SSSR count). The van der Waals surface area contributed by atoms with Crippen LogP contribution in [0.15, 0.2) is 36.5 Å². The standard InChI is InChI=1S/C24H29N3O3/c1-15-12-22(30-3)19(17-9-10-26-23(15)17)14-27-11-5-4-6-21(27)18-8-7-16(24(28)29)13-20(18)25-2/h7-10,12-13,21,25-26H,4-6,11,14H2,1-3H3,(H,28,29). The minimum atomic E-state index is -0.905. The average Bonchev–Trinajstić information content (AvgIpc) is 3.26. The SMILES string of the molecule is CNc1cc(C(=O)O)ccc1C1CCCCN1Cc1c(OC)cc(C)c2[nH]ccc12. The molecule has 1 atom stereocenters. The molecule has 2 aromatic carbocycles. The van der Waals surface area contributed by atoms with E-state index in [0.717, 1.165) is 54.9 Å². The number of aromatic carboxylic acids is 1. The second-order valence-electron chi connectivity index (χ2n) is 7.98. The summed E-state index contributed by atoms with van der Waals surface area (Å²) in [7, 11) is 3.58. The molecule has 0 bridgehead atoms. The summed E-state index contributed by atoms with van der Waals surface area (Å²) in [4.78, 5) is 17.3. The van der Waals surface area contributed by atoms with E-state index in [1.54, 1.807) is 19.2 Å². The molecule has 1 aromatic heterocycles. The summed E-state index contributed by atoms with van der Waals surface area (Å²) in [5.74, 6) is 0.0109. The van der Waals surface area contributed by atoms with Gasteiger partial charge in [0.1, 0.15) is 5.75 Å². The first-order chi connectivity index (χ1) is 14.5. The molecule has 0 aliphatic carbocycles. The molecule has 1 aliphatic rings. The molecule has 158 valence electrons. The van der Waals surface area contributed by atoms with Gasteiger partial charge in [0.05, 0.1) is 12.7 Å². The van der Waals surface area contributed by atoms with Crippen LogP contribution in [0.5, 0.6) is 5.75 Å². The van der Waals surface area contributed by atoms with Crippen molar-refractivity contribution in [2.75, 3.05) is 26.0 Å². The Morgan fingerprint density at radius 2 is 2.13 bits per heavy atom. The maximum Gasteiger partial charge on any atom is 0.335 e. The number of nitrogens with one attached hydrogen (secondary N) is 2. The maximum atomic E-state index is 11.4.